The number of aromatic nitrogens is 2. The quantitative estimate of drug-likeness (QED) is 0.550. The van der Waals surface area contributed by atoms with E-state index in [2.05, 4.69) is 10.1 Å². The lowest BCUT2D eigenvalue weighted by Crippen LogP contribution is -2.43. The monoisotopic (exact) mass is 413 g/mol. The number of rotatable bonds is 7. The molecule has 0 saturated carbocycles. The first-order valence-electron chi connectivity index (χ1n) is 9.46. The maximum atomic E-state index is 13.0. The van der Waals surface area contributed by atoms with Crippen LogP contribution in [0.25, 0.3) is 11.4 Å². The molecule has 0 unspecified atom stereocenters. The van der Waals surface area contributed by atoms with Gasteiger partial charge in [-0.1, -0.05) is 46.6 Å². The van der Waals surface area contributed by atoms with E-state index in [0.717, 1.165) is 11.1 Å². The molecule has 0 spiro atoms. The van der Waals surface area contributed by atoms with Gasteiger partial charge in [-0.25, -0.2) is 0 Å². The second-order valence-corrected chi connectivity index (χ2v) is 7.59. The third-order valence-corrected chi connectivity index (χ3v) is 4.65. The van der Waals surface area contributed by atoms with Crippen LogP contribution in [-0.4, -0.2) is 33.1 Å². The van der Waals surface area contributed by atoms with Crippen molar-refractivity contribution in [1.29, 1.82) is 0 Å². The molecule has 0 N–H and O–H groups in total. The maximum Gasteiger partial charge on any atom is 0.264 e. The van der Waals surface area contributed by atoms with E-state index in [0.29, 0.717) is 22.5 Å². The molecule has 0 aliphatic rings. The van der Waals surface area contributed by atoms with Gasteiger partial charge in [0.15, 0.2) is 6.10 Å². The Balaban J connectivity index is 1.72. The summed E-state index contributed by atoms with van der Waals surface area (Å²) in [6.07, 6.45) is -0.685. The topological polar surface area (TPSA) is 68.5 Å². The van der Waals surface area contributed by atoms with Gasteiger partial charge in [0.25, 0.3) is 5.91 Å². The fourth-order valence-corrected chi connectivity index (χ4v) is 3.09. The number of carbonyl (C=O) groups is 1. The summed E-state index contributed by atoms with van der Waals surface area (Å²) in [6, 6.07) is 14.8. The van der Waals surface area contributed by atoms with Crippen LogP contribution in [0.2, 0.25) is 5.02 Å². The lowest BCUT2D eigenvalue weighted by molar-refractivity contribution is -0.140. The lowest BCUT2D eigenvalue weighted by atomic mass is 10.1. The summed E-state index contributed by atoms with van der Waals surface area (Å²) < 4.78 is 11.2. The van der Waals surface area contributed by atoms with E-state index in [9.17, 15) is 4.79 Å². The summed E-state index contributed by atoms with van der Waals surface area (Å²) in [7, 11) is 0. The first kappa shape index (κ1) is 20.9. The van der Waals surface area contributed by atoms with Crippen LogP contribution in [-0.2, 0) is 11.3 Å². The SMILES string of the molecule is Cc1cccc(-c2noc(CN(C(=O)[C@@H](C)Oc3cccc(Cl)c3)C(C)C)n2)c1. The van der Waals surface area contributed by atoms with Crippen molar-refractivity contribution in [2.24, 2.45) is 0 Å². The number of nitrogens with zero attached hydrogens (tertiary/aromatic N) is 3. The molecule has 152 valence electrons. The standard InChI is InChI=1S/C22H24ClN3O3/c1-14(2)26(22(27)16(4)28-19-10-6-9-18(23)12-19)13-20-24-21(25-29-20)17-8-5-7-15(3)11-17/h5-12,14,16H,13H2,1-4H3/t16-/m1/s1. The summed E-state index contributed by atoms with van der Waals surface area (Å²) in [6.45, 7) is 7.79. The molecule has 7 heteroatoms. The summed E-state index contributed by atoms with van der Waals surface area (Å²) in [4.78, 5) is 19.1. The molecule has 2 aromatic carbocycles. The highest BCUT2D eigenvalue weighted by Crippen LogP contribution is 2.21. The first-order valence-corrected chi connectivity index (χ1v) is 9.83. The number of ether oxygens (including phenoxy) is 1. The van der Waals surface area contributed by atoms with Gasteiger partial charge in [0.1, 0.15) is 12.3 Å². The van der Waals surface area contributed by atoms with Crippen LogP contribution in [0.1, 0.15) is 32.2 Å². The van der Waals surface area contributed by atoms with Crippen LogP contribution in [0, 0.1) is 6.92 Å². The molecule has 6 nitrogen and oxygen atoms in total. The Morgan fingerprint density at radius 2 is 1.93 bits per heavy atom. The summed E-state index contributed by atoms with van der Waals surface area (Å²) in [5, 5.41) is 4.60. The van der Waals surface area contributed by atoms with Gasteiger partial charge < -0.3 is 14.2 Å². The minimum absolute atomic E-state index is 0.0674. The zero-order valence-electron chi connectivity index (χ0n) is 16.9. The Morgan fingerprint density at radius 1 is 1.17 bits per heavy atom. The van der Waals surface area contributed by atoms with Crippen molar-refractivity contribution >= 4 is 17.5 Å². The van der Waals surface area contributed by atoms with Crippen LogP contribution in [0.4, 0.5) is 0 Å². The van der Waals surface area contributed by atoms with Crippen LogP contribution in [0.5, 0.6) is 5.75 Å². The van der Waals surface area contributed by atoms with Gasteiger partial charge in [0.05, 0.1) is 0 Å². The van der Waals surface area contributed by atoms with E-state index in [1.54, 1.807) is 36.1 Å². The normalized spacial score (nSPS) is 12.1. The molecular formula is C22H24ClN3O3. The minimum atomic E-state index is -0.685. The largest absolute Gasteiger partial charge is 0.481 e. The smallest absolute Gasteiger partial charge is 0.264 e. The van der Waals surface area contributed by atoms with E-state index >= 15 is 0 Å². The zero-order chi connectivity index (χ0) is 21.0. The molecule has 3 aromatic rings. The van der Waals surface area contributed by atoms with E-state index in [-0.39, 0.29) is 18.5 Å². The molecule has 29 heavy (non-hydrogen) atoms. The van der Waals surface area contributed by atoms with Gasteiger partial charge in [-0.15, -0.1) is 0 Å². The minimum Gasteiger partial charge on any atom is -0.481 e. The van der Waals surface area contributed by atoms with Crippen LogP contribution in [0.3, 0.4) is 0 Å². The fourth-order valence-electron chi connectivity index (χ4n) is 2.91. The average Bonchev–Trinajstić information content (AvgIpc) is 3.14. The second kappa shape index (κ2) is 9.09. The highest BCUT2D eigenvalue weighted by molar-refractivity contribution is 6.30. The molecule has 1 aromatic heterocycles. The molecule has 0 bridgehead atoms. The highest BCUT2D eigenvalue weighted by Gasteiger charge is 2.26. The van der Waals surface area contributed by atoms with Crippen molar-refractivity contribution < 1.29 is 14.1 Å². The van der Waals surface area contributed by atoms with Crippen molar-refractivity contribution in [3.05, 3.63) is 65.0 Å². The molecule has 0 fully saturated rings. The maximum absolute atomic E-state index is 13.0. The Morgan fingerprint density at radius 3 is 2.62 bits per heavy atom. The van der Waals surface area contributed by atoms with Gasteiger partial charge in [-0.2, -0.15) is 4.98 Å². The number of benzene rings is 2. The van der Waals surface area contributed by atoms with Gasteiger partial charge in [-0.3, -0.25) is 4.79 Å². The number of aryl methyl sites for hydroxylation is 1. The van der Waals surface area contributed by atoms with E-state index in [1.807, 2.05) is 45.0 Å². The van der Waals surface area contributed by atoms with Crippen molar-refractivity contribution in [1.82, 2.24) is 15.0 Å². The molecule has 3 rings (SSSR count). The molecule has 1 atom stereocenters. The van der Waals surface area contributed by atoms with Crippen molar-refractivity contribution in [2.45, 2.75) is 46.4 Å². The number of amides is 1. The highest BCUT2D eigenvalue weighted by atomic mass is 35.5. The number of halogens is 1. The van der Waals surface area contributed by atoms with Gasteiger partial charge >= 0.3 is 0 Å². The molecule has 1 amide bonds. The Bertz CT molecular complexity index is 987. The Kier molecular flexibility index (Phi) is 6.54. The first-order chi connectivity index (χ1) is 13.8. The number of carbonyl (C=O) groups excluding carboxylic acids is 1. The molecule has 1 heterocycles. The molecule has 0 radical (unpaired) electrons. The number of hydrogen-bond donors (Lipinski definition) is 0. The van der Waals surface area contributed by atoms with Crippen molar-refractivity contribution in [2.75, 3.05) is 0 Å². The lowest BCUT2D eigenvalue weighted by Gasteiger charge is -2.28. The fraction of sp³-hybridized carbons (Fsp3) is 0.318. The Labute approximate surface area is 175 Å². The third kappa shape index (κ3) is 5.35. The van der Waals surface area contributed by atoms with Gasteiger partial charge in [0, 0.05) is 16.6 Å². The Hall–Kier alpha value is -2.86. The summed E-state index contributed by atoms with van der Waals surface area (Å²) >= 11 is 5.99. The van der Waals surface area contributed by atoms with Crippen LogP contribution in [0.15, 0.2) is 53.1 Å². The number of hydrogen-bond acceptors (Lipinski definition) is 5. The third-order valence-electron chi connectivity index (χ3n) is 4.41. The van der Waals surface area contributed by atoms with Gasteiger partial charge in [0.2, 0.25) is 11.7 Å². The summed E-state index contributed by atoms with van der Waals surface area (Å²) in [5.41, 5.74) is 1.99. The molecule has 0 aliphatic heterocycles. The van der Waals surface area contributed by atoms with E-state index in [1.165, 1.54) is 0 Å². The van der Waals surface area contributed by atoms with E-state index in [4.69, 9.17) is 20.9 Å². The van der Waals surface area contributed by atoms with E-state index < -0.39 is 6.10 Å². The second-order valence-electron chi connectivity index (χ2n) is 7.16. The molecule has 0 aliphatic carbocycles. The zero-order valence-corrected chi connectivity index (χ0v) is 17.7. The van der Waals surface area contributed by atoms with Crippen LogP contribution < -0.4 is 4.74 Å². The van der Waals surface area contributed by atoms with Crippen LogP contribution >= 0.6 is 11.6 Å². The van der Waals surface area contributed by atoms with Crippen molar-refractivity contribution in [3.63, 3.8) is 0 Å². The molecular weight excluding hydrogens is 390 g/mol. The van der Waals surface area contributed by atoms with Gasteiger partial charge in [-0.05, 0) is 52.0 Å². The average molecular weight is 414 g/mol. The molecule has 0 saturated heterocycles. The summed E-state index contributed by atoms with van der Waals surface area (Å²) in [5.74, 6) is 1.25. The predicted octanol–water partition coefficient (Wildman–Crippen LogP) is 4.90. The predicted molar refractivity (Wildman–Crippen MR) is 112 cm³/mol. The van der Waals surface area contributed by atoms with Crippen molar-refractivity contribution in [3.8, 4) is 17.1 Å².